The van der Waals surface area contributed by atoms with Crippen molar-refractivity contribution in [1.82, 2.24) is 25.0 Å². The number of furan rings is 1. The van der Waals surface area contributed by atoms with Gasteiger partial charge in [0, 0.05) is 51.3 Å². The SMILES string of the molecule is Cn1cccc1C(=O)N[C@H]1C[C@@H](C(=O)[O-])N(C(=O)CCC(=O)N2C[C@@H](NC(=O)c3ccco3)C[C@H]2C(=O)[O-])C1. The molecule has 4 atom stereocenters. The number of rotatable bonds is 9. The van der Waals surface area contributed by atoms with Crippen molar-refractivity contribution in [3.63, 3.8) is 0 Å². The maximum absolute atomic E-state index is 12.9. The quantitative estimate of drug-likeness (QED) is 0.332. The number of amides is 4. The lowest BCUT2D eigenvalue weighted by Gasteiger charge is -2.27. The van der Waals surface area contributed by atoms with E-state index >= 15 is 0 Å². The second kappa shape index (κ2) is 11.4. The molecule has 2 aromatic heterocycles. The van der Waals surface area contributed by atoms with Crippen LogP contribution in [0.15, 0.2) is 41.1 Å². The van der Waals surface area contributed by atoms with Gasteiger partial charge in [0.1, 0.15) is 5.69 Å². The molecule has 4 rings (SSSR count). The van der Waals surface area contributed by atoms with Crippen molar-refractivity contribution in [1.29, 1.82) is 0 Å². The van der Waals surface area contributed by atoms with Crippen LogP contribution in [0.5, 0.6) is 0 Å². The molecular weight excluding hydrogens is 514 g/mol. The van der Waals surface area contributed by atoms with Gasteiger partial charge in [-0.15, -0.1) is 0 Å². The lowest BCUT2D eigenvalue weighted by molar-refractivity contribution is -0.311. The van der Waals surface area contributed by atoms with Crippen LogP contribution in [0.2, 0.25) is 0 Å². The Labute approximate surface area is 222 Å². The Bertz CT molecular complexity index is 1270. The molecule has 39 heavy (non-hydrogen) atoms. The summed E-state index contributed by atoms with van der Waals surface area (Å²) in [7, 11) is 1.68. The van der Waals surface area contributed by atoms with Crippen LogP contribution in [0, 0.1) is 0 Å². The number of aryl methyl sites for hydroxylation is 1. The number of hydrogen-bond donors (Lipinski definition) is 2. The Balaban J connectivity index is 1.33. The van der Waals surface area contributed by atoms with Gasteiger partial charge in [0.05, 0.1) is 30.3 Å². The van der Waals surface area contributed by atoms with Crippen LogP contribution in [-0.4, -0.2) is 87.2 Å². The Morgan fingerprint density at radius 2 is 1.38 bits per heavy atom. The molecule has 0 saturated carbocycles. The summed E-state index contributed by atoms with van der Waals surface area (Å²) in [4.78, 5) is 75.9. The normalized spacial score (nSPS) is 22.5. The minimum Gasteiger partial charge on any atom is -0.548 e. The number of carbonyl (C=O) groups is 6. The van der Waals surface area contributed by atoms with Gasteiger partial charge in [0.15, 0.2) is 5.76 Å². The number of carboxylic acid groups (broad SMARTS) is 2. The molecule has 0 bridgehead atoms. The largest absolute Gasteiger partial charge is 0.548 e. The third-order valence-electron chi connectivity index (χ3n) is 6.93. The van der Waals surface area contributed by atoms with Crippen molar-refractivity contribution in [2.45, 2.75) is 49.9 Å². The van der Waals surface area contributed by atoms with E-state index in [2.05, 4.69) is 10.6 Å². The first-order valence-corrected chi connectivity index (χ1v) is 12.3. The summed E-state index contributed by atoms with van der Waals surface area (Å²) in [6.45, 7) is -0.204. The van der Waals surface area contributed by atoms with Gasteiger partial charge in [-0.05, 0) is 37.1 Å². The molecule has 208 valence electrons. The lowest BCUT2D eigenvalue weighted by atomic mass is 10.1. The predicted molar refractivity (Wildman–Crippen MR) is 126 cm³/mol. The molecule has 2 fully saturated rings. The van der Waals surface area contributed by atoms with Gasteiger partial charge in [0.25, 0.3) is 11.8 Å². The van der Waals surface area contributed by atoms with Crippen molar-refractivity contribution < 1.29 is 43.4 Å². The first-order chi connectivity index (χ1) is 18.5. The van der Waals surface area contributed by atoms with Crippen LogP contribution in [0.25, 0.3) is 0 Å². The van der Waals surface area contributed by atoms with Crippen LogP contribution in [0.3, 0.4) is 0 Å². The Morgan fingerprint density at radius 3 is 1.82 bits per heavy atom. The molecule has 14 heteroatoms. The number of carboxylic acids is 2. The minimum absolute atomic E-state index is 0.0293. The van der Waals surface area contributed by atoms with Gasteiger partial charge in [-0.1, -0.05) is 0 Å². The first-order valence-electron chi connectivity index (χ1n) is 12.3. The number of nitrogens with one attached hydrogen (secondary N) is 2. The molecule has 0 aliphatic carbocycles. The second-order valence-electron chi connectivity index (χ2n) is 9.56. The Hall–Kier alpha value is -4.62. The van der Waals surface area contributed by atoms with Gasteiger partial charge in [0.2, 0.25) is 11.8 Å². The Morgan fingerprint density at radius 1 is 0.846 bits per heavy atom. The molecule has 2 aliphatic heterocycles. The summed E-state index contributed by atoms with van der Waals surface area (Å²) in [5.41, 5.74) is 0.363. The zero-order valence-corrected chi connectivity index (χ0v) is 21.0. The molecule has 0 unspecified atom stereocenters. The van der Waals surface area contributed by atoms with Crippen LogP contribution in [-0.2, 0) is 26.2 Å². The standard InChI is InChI=1S/C25H29N5O9/c1-28-8-2-4-16(28)22(33)26-14-10-17(24(35)36)29(12-14)20(31)6-7-21(32)30-13-15(11-18(30)25(37)38)27-23(34)19-5-3-9-39-19/h2-5,8-9,14-15,17-18H,6-7,10-13H2,1H3,(H,26,33)(H,27,34)(H,35,36)(H,37,38)/p-2/t14-,15-,17-,18-/m0/s1. The topological polar surface area (TPSA) is 197 Å². The number of hydrogen-bond acceptors (Lipinski definition) is 9. The van der Waals surface area contributed by atoms with Crippen molar-refractivity contribution >= 4 is 35.6 Å². The second-order valence-corrected chi connectivity index (χ2v) is 9.56. The van der Waals surface area contributed by atoms with E-state index in [1.54, 1.807) is 29.9 Å². The zero-order valence-electron chi connectivity index (χ0n) is 21.0. The molecule has 0 aromatic carbocycles. The number of carbonyl (C=O) groups excluding carboxylic acids is 6. The number of nitrogens with zero attached hydrogens (tertiary/aromatic N) is 3. The Kier molecular flexibility index (Phi) is 8.02. The summed E-state index contributed by atoms with van der Waals surface area (Å²) >= 11 is 0. The molecule has 14 nitrogen and oxygen atoms in total. The molecule has 2 saturated heterocycles. The number of aliphatic carboxylic acids is 2. The highest BCUT2D eigenvalue weighted by Gasteiger charge is 2.39. The molecule has 0 radical (unpaired) electrons. The third-order valence-corrected chi connectivity index (χ3v) is 6.93. The smallest absolute Gasteiger partial charge is 0.287 e. The molecule has 2 N–H and O–H groups in total. The van der Waals surface area contributed by atoms with E-state index < -0.39 is 66.2 Å². The van der Waals surface area contributed by atoms with Gasteiger partial charge in [-0.25, -0.2) is 0 Å². The number of likely N-dealkylation sites (tertiary alicyclic amines) is 2. The van der Waals surface area contributed by atoms with E-state index in [0.29, 0.717) is 5.69 Å². The fourth-order valence-electron chi connectivity index (χ4n) is 5.00. The van der Waals surface area contributed by atoms with E-state index in [4.69, 9.17) is 4.42 Å². The summed E-state index contributed by atoms with van der Waals surface area (Å²) in [6.07, 6.45) is 2.06. The van der Waals surface area contributed by atoms with Crippen LogP contribution in [0.4, 0.5) is 0 Å². The molecule has 4 heterocycles. The molecular formula is C25H27N5O9-2. The van der Waals surface area contributed by atoms with Crippen LogP contribution >= 0.6 is 0 Å². The summed E-state index contributed by atoms with van der Waals surface area (Å²) in [6, 6.07) is 2.30. The van der Waals surface area contributed by atoms with E-state index in [1.807, 2.05) is 0 Å². The predicted octanol–water partition coefficient (Wildman–Crippen LogP) is -3.00. The van der Waals surface area contributed by atoms with Crippen LogP contribution in [0.1, 0.15) is 46.7 Å². The average molecular weight is 542 g/mol. The zero-order chi connectivity index (χ0) is 28.3. The maximum atomic E-state index is 12.9. The van der Waals surface area contributed by atoms with Crippen molar-refractivity contribution in [2.75, 3.05) is 13.1 Å². The highest BCUT2D eigenvalue weighted by Crippen LogP contribution is 2.23. The van der Waals surface area contributed by atoms with E-state index in [9.17, 15) is 39.0 Å². The van der Waals surface area contributed by atoms with Gasteiger partial charge < -0.3 is 49.2 Å². The third kappa shape index (κ3) is 6.10. The lowest BCUT2D eigenvalue weighted by Crippen LogP contribution is -2.48. The molecule has 2 aromatic rings. The van der Waals surface area contributed by atoms with Crippen molar-refractivity contribution in [3.05, 3.63) is 48.2 Å². The molecule has 4 amide bonds. The minimum atomic E-state index is -1.50. The van der Waals surface area contributed by atoms with E-state index in [-0.39, 0.29) is 38.1 Å². The molecule has 0 spiro atoms. The average Bonchev–Trinajstić information content (AvgIpc) is 3.68. The highest BCUT2D eigenvalue weighted by atomic mass is 16.4. The monoisotopic (exact) mass is 541 g/mol. The molecule has 2 aliphatic rings. The summed E-state index contributed by atoms with van der Waals surface area (Å²) in [5, 5.41) is 28.7. The van der Waals surface area contributed by atoms with Crippen molar-refractivity contribution in [3.8, 4) is 0 Å². The highest BCUT2D eigenvalue weighted by molar-refractivity contribution is 5.94. The number of aromatic nitrogens is 1. The summed E-state index contributed by atoms with van der Waals surface area (Å²) < 4.78 is 6.61. The van der Waals surface area contributed by atoms with Crippen LogP contribution < -0.4 is 20.8 Å². The van der Waals surface area contributed by atoms with Gasteiger partial charge >= 0.3 is 0 Å². The van der Waals surface area contributed by atoms with E-state index in [1.165, 1.54) is 18.4 Å². The van der Waals surface area contributed by atoms with Gasteiger partial charge in [-0.2, -0.15) is 0 Å². The maximum Gasteiger partial charge on any atom is 0.287 e. The fraction of sp³-hybridized carbons (Fsp3) is 0.440. The van der Waals surface area contributed by atoms with Crippen molar-refractivity contribution in [2.24, 2.45) is 7.05 Å². The fourth-order valence-corrected chi connectivity index (χ4v) is 5.00. The summed E-state index contributed by atoms with van der Waals surface area (Å²) in [5.74, 6) is -5.27. The van der Waals surface area contributed by atoms with Gasteiger partial charge in [-0.3, -0.25) is 19.2 Å². The van der Waals surface area contributed by atoms with E-state index in [0.717, 1.165) is 9.80 Å². The first kappa shape index (κ1) is 27.4.